The Morgan fingerprint density at radius 2 is 2.43 bits per heavy atom. The van der Waals surface area contributed by atoms with Gasteiger partial charge in [-0.05, 0) is 13.3 Å². The molecule has 1 heterocycles. The zero-order valence-corrected chi connectivity index (χ0v) is 8.60. The fraction of sp³-hybridized carbons (Fsp3) is 0.600. The fourth-order valence-electron chi connectivity index (χ4n) is 1.47. The van der Waals surface area contributed by atoms with Crippen LogP contribution < -0.4 is 0 Å². The molecule has 1 aromatic heterocycles. The largest absolute Gasteiger partial charge is 0.475 e. The lowest BCUT2D eigenvalue weighted by atomic mass is 10.1. The third-order valence-corrected chi connectivity index (χ3v) is 2.31. The lowest BCUT2D eigenvalue weighted by molar-refractivity contribution is 0.0675. The number of hydrogen-bond donors (Lipinski definition) is 1. The van der Waals surface area contributed by atoms with E-state index in [0.717, 1.165) is 19.3 Å². The van der Waals surface area contributed by atoms with Crippen LogP contribution >= 0.6 is 0 Å². The molecule has 0 amide bonds. The van der Waals surface area contributed by atoms with Crippen LogP contribution in [0, 0.1) is 0 Å². The van der Waals surface area contributed by atoms with Crippen LogP contribution in [0.2, 0.25) is 0 Å². The summed E-state index contributed by atoms with van der Waals surface area (Å²) >= 11 is 0. The molecular formula is C10H16N2O2. The first-order chi connectivity index (χ1) is 6.66. The van der Waals surface area contributed by atoms with Crippen LogP contribution in [0.3, 0.4) is 0 Å². The van der Waals surface area contributed by atoms with E-state index in [-0.39, 0.29) is 11.9 Å². The molecule has 0 bridgehead atoms. The van der Waals surface area contributed by atoms with E-state index in [0.29, 0.717) is 0 Å². The molecule has 0 saturated carbocycles. The SMILES string of the molecule is CCCCC(C)n1ccnc1C(=O)O. The van der Waals surface area contributed by atoms with Gasteiger partial charge in [0.1, 0.15) is 0 Å². The molecule has 0 aliphatic heterocycles. The molecule has 78 valence electrons. The van der Waals surface area contributed by atoms with Gasteiger partial charge in [-0.25, -0.2) is 9.78 Å². The van der Waals surface area contributed by atoms with Crippen molar-refractivity contribution in [3.8, 4) is 0 Å². The van der Waals surface area contributed by atoms with Crippen LogP contribution in [0.5, 0.6) is 0 Å². The van der Waals surface area contributed by atoms with Crippen molar-refractivity contribution in [2.45, 2.75) is 39.2 Å². The zero-order chi connectivity index (χ0) is 10.6. The van der Waals surface area contributed by atoms with E-state index in [1.54, 1.807) is 10.8 Å². The number of unbranched alkanes of at least 4 members (excludes halogenated alkanes) is 1. The Morgan fingerprint density at radius 1 is 1.71 bits per heavy atom. The highest BCUT2D eigenvalue weighted by Gasteiger charge is 2.14. The van der Waals surface area contributed by atoms with Crippen molar-refractivity contribution >= 4 is 5.97 Å². The third-order valence-electron chi connectivity index (χ3n) is 2.31. The Labute approximate surface area is 83.6 Å². The number of nitrogens with zero attached hydrogens (tertiary/aromatic N) is 2. The Kier molecular flexibility index (Phi) is 3.68. The first-order valence-corrected chi connectivity index (χ1v) is 4.93. The van der Waals surface area contributed by atoms with Crippen LogP contribution in [-0.4, -0.2) is 20.6 Å². The van der Waals surface area contributed by atoms with Crippen LogP contribution in [0.15, 0.2) is 12.4 Å². The van der Waals surface area contributed by atoms with E-state index in [9.17, 15) is 4.79 Å². The fourth-order valence-corrected chi connectivity index (χ4v) is 1.47. The maximum Gasteiger partial charge on any atom is 0.372 e. The molecule has 1 unspecified atom stereocenters. The van der Waals surface area contributed by atoms with Gasteiger partial charge in [-0.2, -0.15) is 0 Å². The van der Waals surface area contributed by atoms with Gasteiger partial charge in [0.25, 0.3) is 0 Å². The van der Waals surface area contributed by atoms with Crippen LogP contribution in [0.4, 0.5) is 0 Å². The molecule has 4 nitrogen and oxygen atoms in total. The Balaban J connectivity index is 2.73. The number of aromatic nitrogens is 2. The van der Waals surface area contributed by atoms with Gasteiger partial charge in [-0.15, -0.1) is 0 Å². The maximum atomic E-state index is 10.8. The summed E-state index contributed by atoms with van der Waals surface area (Å²) in [5.74, 6) is -0.827. The highest BCUT2D eigenvalue weighted by molar-refractivity contribution is 5.83. The number of carboxylic acid groups (broad SMARTS) is 1. The lowest BCUT2D eigenvalue weighted by Gasteiger charge is -2.13. The predicted octanol–water partition coefficient (Wildman–Crippen LogP) is 2.33. The normalized spacial score (nSPS) is 12.7. The minimum atomic E-state index is -0.960. The van der Waals surface area contributed by atoms with E-state index < -0.39 is 5.97 Å². The van der Waals surface area contributed by atoms with E-state index in [1.807, 2.05) is 6.92 Å². The van der Waals surface area contributed by atoms with Gasteiger partial charge in [0.15, 0.2) is 0 Å². The third kappa shape index (κ3) is 2.34. The second-order valence-electron chi connectivity index (χ2n) is 3.45. The molecule has 1 rings (SSSR count). The molecule has 0 aliphatic carbocycles. The van der Waals surface area contributed by atoms with Gasteiger partial charge in [-0.1, -0.05) is 19.8 Å². The lowest BCUT2D eigenvalue weighted by Crippen LogP contribution is -2.13. The molecule has 0 saturated heterocycles. The molecule has 0 fully saturated rings. The van der Waals surface area contributed by atoms with Crippen molar-refractivity contribution in [3.05, 3.63) is 18.2 Å². The molecule has 0 aromatic carbocycles. The average molecular weight is 196 g/mol. The molecule has 1 aromatic rings. The van der Waals surface area contributed by atoms with Gasteiger partial charge in [0.05, 0.1) is 0 Å². The monoisotopic (exact) mass is 196 g/mol. The van der Waals surface area contributed by atoms with E-state index in [2.05, 4.69) is 11.9 Å². The Bertz CT molecular complexity index is 307. The van der Waals surface area contributed by atoms with Crippen LogP contribution in [-0.2, 0) is 0 Å². The van der Waals surface area contributed by atoms with Gasteiger partial charge in [0, 0.05) is 18.4 Å². The van der Waals surface area contributed by atoms with Gasteiger partial charge in [-0.3, -0.25) is 0 Å². The molecule has 0 radical (unpaired) electrons. The van der Waals surface area contributed by atoms with Crippen LogP contribution in [0.1, 0.15) is 49.8 Å². The molecular weight excluding hydrogens is 180 g/mol. The summed E-state index contributed by atoms with van der Waals surface area (Å²) in [7, 11) is 0. The summed E-state index contributed by atoms with van der Waals surface area (Å²) in [6.45, 7) is 4.14. The molecule has 0 spiro atoms. The summed E-state index contributed by atoms with van der Waals surface area (Å²) in [6.07, 6.45) is 6.49. The summed E-state index contributed by atoms with van der Waals surface area (Å²) in [6, 6.07) is 0.212. The number of hydrogen-bond acceptors (Lipinski definition) is 2. The van der Waals surface area contributed by atoms with Crippen molar-refractivity contribution in [2.75, 3.05) is 0 Å². The molecule has 4 heteroatoms. The number of carbonyl (C=O) groups is 1. The maximum absolute atomic E-state index is 10.8. The molecule has 1 atom stereocenters. The highest BCUT2D eigenvalue weighted by atomic mass is 16.4. The minimum absolute atomic E-state index is 0.133. The van der Waals surface area contributed by atoms with Gasteiger partial charge >= 0.3 is 5.97 Å². The molecule has 14 heavy (non-hydrogen) atoms. The first-order valence-electron chi connectivity index (χ1n) is 4.93. The van der Waals surface area contributed by atoms with E-state index >= 15 is 0 Å². The smallest absolute Gasteiger partial charge is 0.372 e. The van der Waals surface area contributed by atoms with Crippen molar-refractivity contribution in [2.24, 2.45) is 0 Å². The average Bonchev–Trinajstić information content (AvgIpc) is 2.62. The summed E-state index contributed by atoms with van der Waals surface area (Å²) in [5.41, 5.74) is 0. The second kappa shape index (κ2) is 4.79. The molecule has 1 N–H and O–H groups in total. The zero-order valence-electron chi connectivity index (χ0n) is 8.60. The van der Waals surface area contributed by atoms with E-state index in [1.165, 1.54) is 6.20 Å². The first kappa shape index (κ1) is 10.8. The highest BCUT2D eigenvalue weighted by Crippen LogP contribution is 2.16. The number of carboxylic acids is 1. The van der Waals surface area contributed by atoms with E-state index in [4.69, 9.17) is 5.11 Å². The van der Waals surface area contributed by atoms with Gasteiger partial charge < -0.3 is 9.67 Å². The quantitative estimate of drug-likeness (QED) is 0.786. The van der Waals surface area contributed by atoms with Crippen molar-refractivity contribution in [3.63, 3.8) is 0 Å². The summed E-state index contributed by atoms with van der Waals surface area (Å²) in [4.78, 5) is 14.6. The van der Waals surface area contributed by atoms with Crippen molar-refractivity contribution < 1.29 is 9.90 Å². The molecule has 0 aliphatic rings. The summed E-state index contributed by atoms with van der Waals surface area (Å²) in [5, 5.41) is 8.85. The Morgan fingerprint density at radius 3 is 3.00 bits per heavy atom. The number of aromatic carboxylic acids is 1. The van der Waals surface area contributed by atoms with Gasteiger partial charge in [0.2, 0.25) is 5.82 Å². The van der Waals surface area contributed by atoms with Crippen molar-refractivity contribution in [1.82, 2.24) is 9.55 Å². The van der Waals surface area contributed by atoms with Crippen LogP contribution in [0.25, 0.3) is 0 Å². The topological polar surface area (TPSA) is 55.1 Å². The second-order valence-corrected chi connectivity index (χ2v) is 3.45. The number of imidazole rings is 1. The summed E-state index contributed by atoms with van der Waals surface area (Å²) < 4.78 is 1.72. The van der Waals surface area contributed by atoms with Crippen molar-refractivity contribution in [1.29, 1.82) is 0 Å². The predicted molar refractivity (Wildman–Crippen MR) is 53.4 cm³/mol. The standard InChI is InChI=1S/C10H16N2O2/c1-3-4-5-8(2)12-7-6-11-9(12)10(13)14/h6-8H,3-5H2,1-2H3,(H,13,14). The minimum Gasteiger partial charge on any atom is -0.475 e. The Hall–Kier alpha value is -1.32. The number of rotatable bonds is 5.